The van der Waals surface area contributed by atoms with Crippen molar-refractivity contribution in [3.05, 3.63) is 23.8 Å². The van der Waals surface area contributed by atoms with Gasteiger partial charge in [0.25, 0.3) is 0 Å². The summed E-state index contributed by atoms with van der Waals surface area (Å²) in [6.07, 6.45) is -1.36. The number of rotatable bonds is 6. The standard InChI is InChI=1S/C38H61NO10/c1-19-6-9-27-20(2)26(16-39(27)15-19)37(4)13-11-25-24(21(37)3)8-7-22-14-23(10-12-38(22,25)5)47-35-33(44)31(42)29(18-46-35)49-36-34(45)32(43)30(41)28(17-40)48-36/h7,19-20,23-36,40-45H,3,6,8-18H2,1-2,4-5H3/t19-,20-,23-,24-,25-,26+,27+,28+,29+,30+,31-,32-,33+,34+,35-,36-,37-,38-/m0/s1. The molecule has 0 aromatic heterocycles. The Hall–Kier alpha value is -0.960. The average molecular weight is 692 g/mol. The summed E-state index contributed by atoms with van der Waals surface area (Å²) in [5.41, 5.74) is 3.16. The predicted molar refractivity (Wildman–Crippen MR) is 180 cm³/mol. The summed E-state index contributed by atoms with van der Waals surface area (Å²) >= 11 is 0. The van der Waals surface area contributed by atoms with Crippen LogP contribution in [-0.4, -0.2) is 129 Å². The Morgan fingerprint density at radius 2 is 1.59 bits per heavy atom. The molecule has 4 heterocycles. The summed E-state index contributed by atoms with van der Waals surface area (Å²) in [4.78, 5) is 2.80. The molecule has 0 aromatic carbocycles. The highest BCUT2D eigenvalue weighted by Crippen LogP contribution is 2.64. The van der Waals surface area contributed by atoms with Crippen LogP contribution in [0.4, 0.5) is 0 Å². The van der Waals surface area contributed by atoms with Gasteiger partial charge in [0.2, 0.25) is 0 Å². The molecule has 0 unspecified atom stereocenters. The van der Waals surface area contributed by atoms with Gasteiger partial charge in [0.05, 0.1) is 19.3 Å². The molecule has 18 atom stereocenters. The molecule has 6 N–H and O–H groups in total. The van der Waals surface area contributed by atoms with Gasteiger partial charge in [-0.05, 0) is 91.8 Å². The zero-order valence-corrected chi connectivity index (χ0v) is 29.8. The van der Waals surface area contributed by atoms with E-state index >= 15 is 0 Å². The maximum atomic E-state index is 11.0. The fourth-order valence-corrected chi connectivity index (χ4v) is 11.4. The third kappa shape index (κ3) is 6.20. The second-order valence-corrected chi connectivity index (χ2v) is 17.3. The molecule has 6 fully saturated rings. The van der Waals surface area contributed by atoms with Crippen molar-refractivity contribution in [2.45, 2.75) is 147 Å². The number of hydrogen-bond acceptors (Lipinski definition) is 11. The smallest absolute Gasteiger partial charge is 0.187 e. The minimum atomic E-state index is -1.62. The second kappa shape index (κ2) is 13.8. The molecule has 3 aliphatic carbocycles. The lowest BCUT2D eigenvalue weighted by atomic mass is 9.47. The van der Waals surface area contributed by atoms with E-state index in [-0.39, 0.29) is 23.5 Å². The fraction of sp³-hybridized carbons (Fsp3) is 0.895. The zero-order chi connectivity index (χ0) is 35.0. The number of piperidine rings is 1. The Bertz CT molecular complexity index is 1250. The Balaban J connectivity index is 0.961. The van der Waals surface area contributed by atoms with Crippen molar-refractivity contribution in [3.8, 4) is 0 Å². The molecular formula is C38H61NO10. The second-order valence-electron chi connectivity index (χ2n) is 17.3. The maximum Gasteiger partial charge on any atom is 0.187 e. The van der Waals surface area contributed by atoms with Gasteiger partial charge >= 0.3 is 0 Å². The van der Waals surface area contributed by atoms with Crippen LogP contribution in [0.15, 0.2) is 23.8 Å². The number of aliphatic hydroxyl groups excluding tert-OH is 6. The lowest BCUT2D eigenvalue weighted by Gasteiger charge is -2.58. The van der Waals surface area contributed by atoms with E-state index in [0.29, 0.717) is 23.7 Å². The number of allylic oxidation sites excluding steroid dienone is 2. The van der Waals surface area contributed by atoms with Gasteiger partial charge in [-0.25, -0.2) is 0 Å². The van der Waals surface area contributed by atoms with E-state index in [1.54, 1.807) is 0 Å². The van der Waals surface area contributed by atoms with Crippen LogP contribution in [0.3, 0.4) is 0 Å². The highest BCUT2D eigenvalue weighted by Gasteiger charge is 2.57. The number of fused-ring (bicyclic) bond motifs is 4. The molecule has 11 heteroatoms. The van der Waals surface area contributed by atoms with Crippen LogP contribution < -0.4 is 0 Å². The minimum absolute atomic E-state index is 0.0805. The quantitative estimate of drug-likeness (QED) is 0.227. The van der Waals surface area contributed by atoms with Crippen molar-refractivity contribution >= 4 is 0 Å². The first-order chi connectivity index (χ1) is 23.3. The number of aliphatic hydroxyl groups is 6. The van der Waals surface area contributed by atoms with Crippen LogP contribution in [0.1, 0.15) is 79.1 Å². The van der Waals surface area contributed by atoms with Crippen LogP contribution in [0.5, 0.6) is 0 Å². The van der Waals surface area contributed by atoms with Gasteiger partial charge in [-0.3, -0.25) is 4.90 Å². The van der Waals surface area contributed by atoms with Gasteiger partial charge in [0.1, 0.15) is 42.7 Å². The fourth-order valence-electron chi connectivity index (χ4n) is 11.4. The van der Waals surface area contributed by atoms with Gasteiger partial charge in [-0.1, -0.05) is 51.5 Å². The van der Waals surface area contributed by atoms with E-state index in [2.05, 4.69) is 38.7 Å². The first-order valence-corrected chi connectivity index (χ1v) is 19.0. The molecule has 0 aromatic rings. The molecule has 49 heavy (non-hydrogen) atoms. The minimum Gasteiger partial charge on any atom is -0.394 e. The molecule has 0 amide bonds. The van der Waals surface area contributed by atoms with Gasteiger partial charge in [-0.15, -0.1) is 0 Å². The Kier molecular flexibility index (Phi) is 10.2. The molecule has 4 aliphatic heterocycles. The van der Waals surface area contributed by atoms with Gasteiger partial charge in [0, 0.05) is 19.1 Å². The van der Waals surface area contributed by atoms with Crippen LogP contribution in [0.25, 0.3) is 0 Å². The Morgan fingerprint density at radius 3 is 2.35 bits per heavy atom. The monoisotopic (exact) mass is 691 g/mol. The largest absolute Gasteiger partial charge is 0.394 e. The third-order valence-corrected chi connectivity index (χ3v) is 14.6. The molecule has 11 nitrogen and oxygen atoms in total. The number of nitrogens with zero attached hydrogens (tertiary/aromatic N) is 1. The van der Waals surface area contributed by atoms with Crippen LogP contribution >= 0.6 is 0 Å². The van der Waals surface area contributed by atoms with Crippen molar-refractivity contribution in [1.82, 2.24) is 4.90 Å². The highest BCUT2D eigenvalue weighted by molar-refractivity contribution is 5.31. The molecular weight excluding hydrogens is 630 g/mol. The van der Waals surface area contributed by atoms with Crippen molar-refractivity contribution < 1.29 is 49.6 Å². The normalized spacial score (nSPS) is 53.8. The lowest BCUT2D eigenvalue weighted by molar-refractivity contribution is -0.346. The van der Waals surface area contributed by atoms with Crippen LogP contribution in [0.2, 0.25) is 0 Å². The van der Waals surface area contributed by atoms with Crippen molar-refractivity contribution in [2.75, 3.05) is 26.3 Å². The summed E-state index contributed by atoms with van der Waals surface area (Å²) in [6, 6.07) is 0.725. The summed E-state index contributed by atoms with van der Waals surface area (Å²) in [7, 11) is 0. The van der Waals surface area contributed by atoms with Crippen LogP contribution in [0, 0.1) is 40.4 Å². The third-order valence-electron chi connectivity index (χ3n) is 14.6. The van der Waals surface area contributed by atoms with Crippen molar-refractivity contribution in [2.24, 2.45) is 40.4 Å². The Morgan fingerprint density at radius 1 is 0.857 bits per heavy atom. The van der Waals surface area contributed by atoms with Gasteiger partial charge < -0.3 is 49.6 Å². The van der Waals surface area contributed by atoms with E-state index in [4.69, 9.17) is 25.5 Å². The molecule has 278 valence electrons. The van der Waals surface area contributed by atoms with E-state index in [1.165, 1.54) is 49.9 Å². The number of hydrogen-bond donors (Lipinski definition) is 6. The van der Waals surface area contributed by atoms with Crippen molar-refractivity contribution in [1.29, 1.82) is 0 Å². The highest BCUT2D eigenvalue weighted by atomic mass is 16.7. The Labute approximate surface area is 291 Å². The predicted octanol–water partition coefficient (Wildman–Crippen LogP) is 2.11. The number of ether oxygens (including phenoxy) is 4. The average Bonchev–Trinajstić information content (AvgIpc) is 3.41. The summed E-state index contributed by atoms with van der Waals surface area (Å²) < 4.78 is 23.3. The van der Waals surface area contributed by atoms with E-state index in [0.717, 1.165) is 37.6 Å². The van der Waals surface area contributed by atoms with Gasteiger partial charge in [-0.2, -0.15) is 0 Å². The molecule has 7 aliphatic rings. The first-order valence-electron chi connectivity index (χ1n) is 19.0. The summed E-state index contributed by atoms with van der Waals surface area (Å²) in [5.74, 6) is 3.22. The van der Waals surface area contributed by atoms with E-state index in [9.17, 15) is 30.6 Å². The van der Waals surface area contributed by atoms with Gasteiger partial charge in [0.15, 0.2) is 12.6 Å². The van der Waals surface area contributed by atoms with Crippen LogP contribution in [-0.2, 0) is 18.9 Å². The van der Waals surface area contributed by atoms with E-state index < -0.39 is 61.9 Å². The molecule has 0 bridgehead atoms. The van der Waals surface area contributed by atoms with E-state index in [1.807, 2.05) is 0 Å². The topological polar surface area (TPSA) is 162 Å². The molecule has 0 radical (unpaired) electrons. The molecule has 4 saturated heterocycles. The maximum absolute atomic E-state index is 11.0. The SMILES string of the molecule is C=C1[C@@H]2CC=C3C[C@@H](O[C@@H]4OC[C@@H](O[C@@H]5O[C@H](CO)[C@@H](O)[C@H](O)[C@H]5O)[C@H](O)[C@H]4O)CC[C@]3(C)[C@H]2CC[C@]1(C)[C@@H]1CN2C[C@@H](C)CC[C@@H]2[C@H]1C. The van der Waals surface area contributed by atoms with Crippen molar-refractivity contribution in [3.63, 3.8) is 0 Å². The lowest BCUT2D eigenvalue weighted by Crippen LogP contribution is -2.62. The summed E-state index contributed by atoms with van der Waals surface area (Å²) in [6.45, 7) is 16.5. The molecule has 7 rings (SSSR count). The first kappa shape index (κ1) is 36.4. The molecule has 0 spiro atoms. The molecule has 2 saturated carbocycles. The summed E-state index contributed by atoms with van der Waals surface area (Å²) in [5, 5.41) is 61.9. The zero-order valence-electron chi connectivity index (χ0n) is 29.8.